The SMILES string of the molecule is CC[N+]1(C)CCCC1.N#CN.N#CN. The molecule has 0 aromatic rings. The van der Waals surface area contributed by atoms with Crippen LogP contribution in [0.4, 0.5) is 0 Å². The largest absolute Gasteiger partial charge is 0.337 e. The first kappa shape index (κ1) is 15.0. The molecule has 0 radical (unpaired) electrons. The van der Waals surface area contributed by atoms with Gasteiger partial charge in [0.15, 0.2) is 12.4 Å². The standard InChI is InChI=1S/C7H16N.2CH2N2/c1-3-8(2)6-4-5-7-8;2*2-1-3/h3-7H2,1-2H3;2*2H2/q+1;;. The van der Waals surface area contributed by atoms with Gasteiger partial charge in [0, 0.05) is 12.8 Å². The highest BCUT2D eigenvalue weighted by molar-refractivity contribution is 4.49. The number of likely N-dealkylation sites (tertiary alicyclic amines) is 1. The summed E-state index contributed by atoms with van der Waals surface area (Å²) in [5.41, 5.74) is 8.31. The molecule has 80 valence electrons. The molecule has 0 bridgehead atoms. The number of nitrogens with zero attached hydrogens (tertiary/aromatic N) is 3. The maximum absolute atomic E-state index is 7.10. The fourth-order valence-electron chi connectivity index (χ4n) is 1.42. The average molecular weight is 198 g/mol. The molecule has 1 aliphatic rings. The van der Waals surface area contributed by atoms with Crippen molar-refractivity contribution in [1.29, 1.82) is 10.5 Å². The van der Waals surface area contributed by atoms with Crippen LogP contribution in [0.5, 0.6) is 0 Å². The zero-order valence-electron chi connectivity index (χ0n) is 9.03. The minimum atomic E-state index is 1.25. The first-order chi connectivity index (χ1) is 6.60. The van der Waals surface area contributed by atoms with Gasteiger partial charge in [-0.3, -0.25) is 0 Å². The molecule has 1 heterocycles. The Morgan fingerprint density at radius 3 is 1.57 bits per heavy atom. The number of hydrogen-bond acceptors (Lipinski definition) is 4. The van der Waals surface area contributed by atoms with Gasteiger partial charge >= 0.3 is 0 Å². The molecule has 1 rings (SSSR count). The van der Waals surface area contributed by atoms with Gasteiger partial charge in [0.05, 0.1) is 26.7 Å². The number of nitrogens with two attached hydrogens (primary N) is 2. The predicted octanol–water partition coefficient (Wildman–Crippen LogP) is 0.0991. The van der Waals surface area contributed by atoms with Crippen molar-refractivity contribution in [3.05, 3.63) is 0 Å². The maximum atomic E-state index is 7.10. The van der Waals surface area contributed by atoms with Gasteiger partial charge in [0.1, 0.15) is 0 Å². The molecule has 0 saturated carbocycles. The van der Waals surface area contributed by atoms with Crippen LogP contribution >= 0.6 is 0 Å². The third kappa shape index (κ3) is 8.63. The van der Waals surface area contributed by atoms with Crippen molar-refractivity contribution in [2.24, 2.45) is 11.5 Å². The molecule has 0 atom stereocenters. The summed E-state index contributed by atoms with van der Waals surface area (Å²) in [5.74, 6) is 0. The zero-order chi connectivity index (χ0) is 11.4. The van der Waals surface area contributed by atoms with E-state index in [-0.39, 0.29) is 0 Å². The molecule has 4 N–H and O–H groups in total. The summed E-state index contributed by atoms with van der Waals surface area (Å²) in [6, 6.07) is 0. The molecule has 5 heteroatoms. The van der Waals surface area contributed by atoms with Crippen LogP contribution in [0.2, 0.25) is 0 Å². The molecule has 0 aromatic carbocycles. The summed E-state index contributed by atoms with van der Waals surface area (Å²) in [7, 11) is 2.35. The lowest BCUT2D eigenvalue weighted by Gasteiger charge is -2.26. The maximum Gasteiger partial charge on any atom is 0.173 e. The molecule has 0 aromatic heterocycles. The van der Waals surface area contributed by atoms with E-state index in [2.05, 4.69) is 25.4 Å². The Kier molecular flexibility index (Phi) is 10.3. The minimum Gasteiger partial charge on any atom is -0.337 e. The van der Waals surface area contributed by atoms with Crippen LogP contribution in [-0.4, -0.2) is 31.2 Å². The third-order valence-corrected chi connectivity index (χ3v) is 2.41. The molecule has 0 amide bonds. The van der Waals surface area contributed by atoms with Crippen molar-refractivity contribution < 1.29 is 4.48 Å². The van der Waals surface area contributed by atoms with Crippen molar-refractivity contribution in [3.63, 3.8) is 0 Å². The highest BCUT2D eigenvalue weighted by atomic mass is 15.3. The predicted molar refractivity (Wildman–Crippen MR) is 55.3 cm³/mol. The Balaban J connectivity index is 0. The summed E-state index contributed by atoms with van der Waals surface area (Å²) in [6.07, 6.45) is 5.40. The third-order valence-electron chi connectivity index (χ3n) is 2.41. The Morgan fingerprint density at radius 1 is 1.14 bits per heavy atom. The molecule has 5 nitrogen and oxygen atoms in total. The second kappa shape index (κ2) is 9.63. The monoisotopic (exact) mass is 198 g/mol. The summed E-state index contributed by atoms with van der Waals surface area (Å²) in [6.45, 7) is 6.43. The fourth-order valence-corrected chi connectivity index (χ4v) is 1.42. The minimum absolute atomic E-state index is 1.25. The summed E-state index contributed by atoms with van der Waals surface area (Å²) < 4.78 is 1.32. The van der Waals surface area contributed by atoms with Gasteiger partial charge in [-0.05, 0) is 6.92 Å². The molecule has 1 saturated heterocycles. The van der Waals surface area contributed by atoms with Crippen molar-refractivity contribution in [2.75, 3.05) is 26.7 Å². The van der Waals surface area contributed by atoms with E-state index in [0.717, 1.165) is 0 Å². The first-order valence-corrected chi connectivity index (χ1v) is 4.63. The Hall–Kier alpha value is -1.46. The second-order valence-electron chi connectivity index (χ2n) is 3.35. The highest BCUT2D eigenvalue weighted by Gasteiger charge is 2.23. The number of rotatable bonds is 1. The van der Waals surface area contributed by atoms with Crippen molar-refractivity contribution in [1.82, 2.24) is 0 Å². The van der Waals surface area contributed by atoms with Gasteiger partial charge in [-0.1, -0.05) is 0 Å². The summed E-state index contributed by atoms with van der Waals surface area (Å²) >= 11 is 0. The second-order valence-corrected chi connectivity index (χ2v) is 3.35. The highest BCUT2D eigenvalue weighted by Crippen LogP contribution is 2.14. The lowest BCUT2D eigenvalue weighted by Crippen LogP contribution is -2.40. The van der Waals surface area contributed by atoms with Gasteiger partial charge in [0.2, 0.25) is 0 Å². The molecule has 14 heavy (non-hydrogen) atoms. The number of hydrogen-bond donors (Lipinski definition) is 2. The number of nitriles is 2. The van der Waals surface area contributed by atoms with Crippen LogP contribution < -0.4 is 11.5 Å². The smallest absolute Gasteiger partial charge is 0.173 e. The van der Waals surface area contributed by atoms with E-state index in [1.807, 2.05) is 0 Å². The topological polar surface area (TPSA) is 99.6 Å². The molecule has 0 aliphatic carbocycles. The molecular formula is C9H20N5+. The van der Waals surface area contributed by atoms with E-state index >= 15 is 0 Å². The summed E-state index contributed by atoms with van der Waals surface area (Å²) in [4.78, 5) is 0. The van der Waals surface area contributed by atoms with Crippen LogP contribution in [-0.2, 0) is 0 Å². The fraction of sp³-hybridized carbons (Fsp3) is 0.778. The Bertz CT molecular complexity index is 182. The van der Waals surface area contributed by atoms with Crippen molar-refractivity contribution in [2.45, 2.75) is 19.8 Å². The van der Waals surface area contributed by atoms with Gasteiger partial charge < -0.3 is 16.0 Å². The van der Waals surface area contributed by atoms with Crippen molar-refractivity contribution >= 4 is 0 Å². The van der Waals surface area contributed by atoms with Gasteiger partial charge in [-0.2, -0.15) is 10.5 Å². The van der Waals surface area contributed by atoms with E-state index in [1.54, 1.807) is 0 Å². The van der Waals surface area contributed by atoms with Crippen LogP contribution in [0.3, 0.4) is 0 Å². The lowest BCUT2D eigenvalue weighted by molar-refractivity contribution is -0.895. The first-order valence-electron chi connectivity index (χ1n) is 4.63. The van der Waals surface area contributed by atoms with E-state index < -0.39 is 0 Å². The number of quaternary nitrogens is 1. The zero-order valence-corrected chi connectivity index (χ0v) is 9.03. The van der Waals surface area contributed by atoms with E-state index in [1.165, 1.54) is 49.3 Å². The van der Waals surface area contributed by atoms with Gasteiger partial charge in [-0.15, -0.1) is 0 Å². The van der Waals surface area contributed by atoms with Gasteiger partial charge in [-0.25, -0.2) is 0 Å². The normalized spacial score (nSPS) is 16.0. The Morgan fingerprint density at radius 2 is 1.43 bits per heavy atom. The molecular weight excluding hydrogens is 178 g/mol. The quantitative estimate of drug-likeness (QED) is 0.354. The van der Waals surface area contributed by atoms with Crippen LogP contribution in [0.1, 0.15) is 19.8 Å². The molecule has 0 spiro atoms. The molecule has 0 unspecified atom stereocenters. The summed E-state index contributed by atoms with van der Waals surface area (Å²) in [5, 5.41) is 14.2. The molecule has 1 aliphatic heterocycles. The lowest BCUT2D eigenvalue weighted by atomic mass is 10.4. The van der Waals surface area contributed by atoms with E-state index in [4.69, 9.17) is 10.5 Å². The van der Waals surface area contributed by atoms with Crippen LogP contribution in [0.15, 0.2) is 0 Å². The average Bonchev–Trinajstić information content (AvgIpc) is 2.56. The van der Waals surface area contributed by atoms with E-state index in [0.29, 0.717) is 0 Å². The van der Waals surface area contributed by atoms with Crippen molar-refractivity contribution in [3.8, 4) is 12.4 Å². The van der Waals surface area contributed by atoms with Crippen LogP contribution in [0, 0.1) is 22.9 Å². The van der Waals surface area contributed by atoms with E-state index in [9.17, 15) is 0 Å². The molecule has 1 fully saturated rings. The van der Waals surface area contributed by atoms with Crippen LogP contribution in [0.25, 0.3) is 0 Å². The Labute approximate surface area is 86.1 Å². The van der Waals surface area contributed by atoms with Gasteiger partial charge in [0.25, 0.3) is 0 Å².